The number of epoxide rings is 1. The number of allylic oxidation sites excluding steroid dienone is 3. The summed E-state index contributed by atoms with van der Waals surface area (Å²) in [7, 11) is 0. The molecular weight excluding hydrogens is 478 g/mol. The first kappa shape index (κ1) is 24.6. The largest absolute Gasteiger partial charge is 0.490 e. The van der Waals surface area contributed by atoms with Crippen LogP contribution in [0.1, 0.15) is 53.0 Å². The number of carbonyl (C=O) groups is 2. The number of Topliss-reactive ketones (excluding diaryl/α,β-unsaturated/α-hetero) is 1. The van der Waals surface area contributed by atoms with Crippen molar-refractivity contribution >= 4 is 11.7 Å². The Morgan fingerprint density at radius 1 is 1.13 bits per heavy atom. The van der Waals surface area contributed by atoms with Crippen LogP contribution in [-0.4, -0.2) is 40.3 Å². The van der Waals surface area contributed by atoms with E-state index in [4.69, 9.17) is 9.47 Å². The molecule has 4 fully saturated rings. The van der Waals surface area contributed by atoms with Crippen molar-refractivity contribution in [3.05, 3.63) is 54.1 Å². The number of ether oxygens (including phenoxy) is 2. The topological polar surface area (TPSA) is 88.2 Å². The fourth-order valence-corrected chi connectivity index (χ4v) is 10.3. The summed E-state index contributed by atoms with van der Waals surface area (Å²) in [6.07, 6.45) is 5.33. The number of rotatable bonds is 1. The Bertz CT molecular complexity index is 1290. The summed E-state index contributed by atoms with van der Waals surface area (Å²) in [4.78, 5) is 28.3. The van der Waals surface area contributed by atoms with Gasteiger partial charge in [-0.15, -0.1) is 6.58 Å². The number of aliphatic hydroxyl groups is 1. The van der Waals surface area contributed by atoms with Gasteiger partial charge in [0.1, 0.15) is 11.9 Å². The summed E-state index contributed by atoms with van der Waals surface area (Å²) < 4.78 is 13.0. The van der Waals surface area contributed by atoms with Crippen molar-refractivity contribution in [3.63, 3.8) is 0 Å². The van der Waals surface area contributed by atoms with Crippen LogP contribution in [0.5, 0.6) is 5.75 Å². The molecule has 6 nitrogen and oxygen atoms in total. The van der Waals surface area contributed by atoms with E-state index in [0.29, 0.717) is 11.8 Å². The van der Waals surface area contributed by atoms with Crippen LogP contribution < -0.4 is 10.1 Å². The second kappa shape index (κ2) is 7.39. The predicted octanol–water partition coefficient (Wildman–Crippen LogP) is 4.22. The van der Waals surface area contributed by atoms with Gasteiger partial charge in [0, 0.05) is 29.6 Å². The Hall–Kier alpha value is -2.44. The van der Waals surface area contributed by atoms with E-state index in [1.54, 1.807) is 0 Å². The molecule has 6 heteroatoms. The number of fused-ring (bicyclic) bond motifs is 4. The highest BCUT2D eigenvalue weighted by Crippen LogP contribution is 2.69. The van der Waals surface area contributed by atoms with Gasteiger partial charge in [-0.3, -0.25) is 9.59 Å². The molecule has 2 N–H and O–H groups in total. The smallest absolute Gasteiger partial charge is 0.265 e. The van der Waals surface area contributed by atoms with Crippen LogP contribution in [0.15, 0.2) is 48.6 Å². The molecule has 4 aliphatic heterocycles. The Morgan fingerprint density at radius 3 is 2.50 bits per heavy atom. The minimum absolute atomic E-state index is 0.0504. The van der Waals surface area contributed by atoms with Crippen molar-refractivity contribution in [1.82, 2.24) is 5.32 Å². The van der Waals surface area contributed by atoms with E-state index in [-0.39, 0.29) is 41.5 Å². The van der Waals surface area contributed by atoms with Gasteiger partial charge in [0.25, 0.3) is 5.91 Å². The molecule has 202 valence electrons. The summed E-state index contributed by atoms with van der Waals surface area (Å²) in [5.41, 5.74) is -1.91. The molecule has 38 heavy (non-hydrogen) atoms. The van der Waals surface area contributed by atoms with E-state index in [9.17, 15) is 14.7 Å². The lowest BCUT2D eigenvalue weighted by Crippen LogP contribution is -2.54. The molecular formula is C32H39NO5. The molecule has 0 aromatic heterocycles. The maximum Gasteiger partial charge on any atom is 0.265 e. The monoisotopic (exact) mass is 517 g/mol. The SMILES string of the molecule is C=C[C@@]1(C)C=C(C)[C@@H]2[C@H]3C1C(=O)[C@]14O[C@H]1[C@](O)(Cc1ccc(cc1)O[C@@H]3[C@@H]1[C@@H](C)C[C@@H](C)C[C@]12C)NC4=O. The highest BCUT2D eigenvalue weighted by molar-refractivity contribution is 6.16. The molecule has 2 saturated heterocycles. The van der Waals surface area contributed by atoms with Crippen molar-refractivity contribution in [3.8, 4) is 5.75 Å². The van der Waals surface area contributed by atoms with Crippen molar-refractivity contribution < 1.29 is 24.2 Å². The lowest BCUT2D eigenvalue weighted by molar-refractivity contribution is -0.144. The van der Waals surface area contributed by atoms with Crippen molar-refractivity contribution in [2.45, 2.75) is 77.4 Å². The molecule has 7 aliphatic rings. The van der Waals surface area contributed by atoms with E-state index < -0.39 is 34.7 Å². The fraction of sp³-hybridized carbons (Fsp3) is 0.625. The van der Waals surface area contributed by atoms with E-state index in [1.807, 2.05) is 30.3 Å². The summed E-state index contributed by atoms with van der Waals surface area (Å²) in [6.45, 7) is 15.5. The molecule has 0 spiro atoms. The van der Waals surface area contributed by atoms with Gasteiger partial charge in [-0.2, -0.15) is 0 Å². The van der Waals surface area contributed by atoms with Gasteiger partial charge in [-0.25, -0.2) is 0 Å². The first-order valence-corrected chi connectivity index (χ1v) is 14.2. The molecule has 1 unspecified atom stereocenters. The Morgan fingerprint density at radius 2 is 1.84 bits per heavy atom. The lowest BCUT2D eigenvalue weighted by Gasteiger charge is -2.50. The molecule has 12 atom stereocenters. The van der Waals surface area contributed by atoms with Crippen LogP contribution in [0.4, 0.5) is 0 Å². The molecule has 3 aliphatic carbocycles. The highest BCUT2D eigenvalue weighted by atomic mass is 16.6. The van der Waals surface area contributed by atoms with Gasteiger partial charge < -0.3 is 19.9 Å². The second-order valence-electron chi connectivity index (χ2n) is 13.9. The number of morpholine rings is 1. The Balaban J connectivity index is 1.48. The molecule has 4 bridgehead atoms. The third-order valence-electron chi connectivity index (χ3n) is 11.3. The summed E-state index contributed by atoms with van der Waals surface area (Å²) >= 11 is 0. The van der Waals surface area contributed by atoms with Gasteiger partial charge in [-0.1, -0.05) is 57.6 Å². The van der Waals surface area contributed by atoms with Crippen LogP contribution in [0.25, 0.3) is 0 Å². The predicted molar refractivity (Wildman–Crippen MR) is 142 cm³/mol. The number of benzene rings is 1. The van der Waals surface area contributed by atoms with E-state index in [1.165, 1.54) is 5.57 Å². The minimum atomic E-state index is -1.67. The van der Waals surface area contributed by atoms with Gasteiger partial charge in [-0.05, 0) is 60.6 Å². The number of hydrogen-bond acceptors (Lipinski definition) is 5. The summed E-state index contributed by atoms with van der Waals surface area (Å²) in [5, 5.41) is 14.3. The lowest BCUT2D eigenvalue weighted by atomic mass is 9.53. The third kappa shape index (κ3) is 2.86. The molecule has 0 radical (unpaired) electrons. The average Bonchev–Trinajstić information content (AvgIpc) is 3.50. The second-order valence-corrected chi connectivity index (χ2v) is 13.9. The quantitative estimate of drug-likeness (QED) is 0.331. The molecule has 1 aromatic rings. The van der Waals surface area contributed by atoms with E-state index >= 15 is 0 Å². The third-order valence-corrected chi connectivity index (χ3v) is 11.3. The minimum Gasteiger partial charge on any atom is -0.490 e. The van der Waals surface area contributed by atoms with Crippen molar-refractivity contribution in [1.29, 1.82) is 0 Å². The first-order chi connectivity index (χ1) is 17.9. The number of hydrogen-bond donors (Lipinski definition) is 2. The molecule has 2 saturated carbocycles. The zero-order valence-corrected chi connectivity index (χ0v) is 23.0. The maximum atomic E-state index is 14.8. The zero-order chi connectivity index (χ0) is 27.0. The zero-order valence-electron chi connectivity index (χ0n) is 23.0. The van der Waals surface area contributed by atoms with Crippen LogP contribution in [0.2, 0.25) is 0 Å². The average molecular weight is 518 g/mol. The summed E-state index contributed by atoms with van der Waals surface area (Å²) in [6, 6.07) is 7.81. The number of amides is 1. The van der Waals surface area contributed by atoms with E-state index in [0.717, 1.165) is 24.2 Å². The molecule has 1 amide bonds. The molecule has 4 heterocycles. The van der Waals surface area contributed by atoms with Crippen molar-refractivity contribution in [2.75, 3.05) is 0 Å². The maximum absolute atomic E-state index is 14.8. The molecule has 8 rings (SSSR count). The van der Waals surface area contributed by atoms with Crippen LogP contribution >= 0.6 is 0 Å². The fourth-order valence-electron chi connectivity index (χ4n) is 10.3. The summed E-state index contributed by atoms with van der Waals surface area (Å²) in [5.74, 6) is 0.686. The number of ketones is 1. The van der Waals surface area contributed by atoms with Gasteiger partial charge >= 0.3 is 0 Å². The van der Waals surface area contributed by atoms with Gasteiger partial charge in [0.15, 0.2) is 17.6 Å². The van der Waals surface area contributed by atoms with Gasteiger partial charge in [0.05, 0.1) is 0 Å². The van der Waals surface area contributed by atoms with Crippen LogP contribution in [-0.2, 0) is 20.7 Å². The van der Waals surface area contributed by atoms with Crippen LogP contribution in [0.3, 0.4) is 0 Å². The standard InChI is InChI=1S/C32H39NO5/c1-7-29(5)14-18(4)22-21-24(29)26(34)32-27(38-32)31(36,33-28(32)35)15-19-8-10-20(11-9-19)37-25(21)23-17(3)12-16(2)13-30(22,23)6/h7-11,14,16-17,21-25,27,36H,1,12-13,15H2,2-6H3,(H,33,35)/t16-,17+,21+,22-,23+,24?,25+,27+,29+,30+,31-,32+/m1/s1. The Kier molecular flexibility index (Phi) is 4.78. The van der Waals surface area contributed by atoms with Crippen molar-refractivity contribution in [2.24, 2.45) is 46.3 Å². The Labute approximate surface area is 224 Å². The number of nitrogens with one attached hydrogen (secondary N) is 1. The highest BCUT2D eigenvalue weighted by Gasteiger charge is 2.82. The normalized spacial score (nSPS) is 52.2. The van der Waals surface area contributed by atoms with Crippen LogP contribution in [0, 0.1) is 46.3 Å². The number of carbonyl (C=O) groups excluding carboxylic acids is 2. The first-order valence-electron chi connectivity index (χ1n) is 14.2. The van der Waals surface area contributed by atoms with Gasteiger partial charge in [0.2, 0.25) is 5.60 Å². The molecule has 1 aromatic carbocycles. The van der Waals surface area contributed by atoms with E-state index in [2.05, 4.69) is 52.6 Å².